The third-order valence-electron chi connectivity index (χ3n) is 1.08. The summed E-state index contributed by atoms with van der Waals surface area (Å²) in [5, 5.41) is 9.15. The molecule has 10 heavy (non-hydrogen) atoms. The molecule has 0 aliphatic carbocycles. The molecule has 0 fully saturated rings. The van der Waals surface area contributed by atoms with Crippen LogP contribution in [0.3, 0.4) is 0 Å². The summed E-state index contributed by atoms with van der Waals surface area (Å²) in [6.45, 7) is 3.16. The predicted molar refractivity (Wildman–Crippen MR) is 38.1 cm³/mol. The van der Waals surface area contributed by atoms with Gasteiger partial charge in [-0.3, -0.25) is 4.79 Å². The van der Waals surface area contributed by atoms with Crippen molar-refractivity contribution in [3.05, 3.63) is 0 Å². The first-order valence-corrected chi connectivity index (χ1v) is 3.10. The van der Waals surface area contributed by atoms with Crippen LogP contribution in [0.25, 0.3) is 0 Å². The van der Waals surface area contributed by atoms with Crippen LogP contribution < -0.4 is 11.5 Å². The van der Waals surface area contributed by atoms with Crippen molar-refractivity contribution in [3.63, 3.8) is 0 Å². The maximum Gasteiger partial charge on any atom is 0.234 e. The number of carbonyl (C=O) groups is 1. The van der Waals surface area contributed by atoms with Crippen molar-refractivity contribution in [3.8, 4) is 0 Å². The quantitative estimate of drug-likeness (QED) is 0.475. The molecule has 0 spiro atoms. The summed E-state index contributed by atoms with van der Waals surface area (Å²) in [5.74, 6) is -0.581. The van der Waals surface area contributed by atoms with Gasteiger partial charge in [0.2, 0.25) is 5.91 Å². The molecule has 0 aromatic heterocycles. The molecular weight excluding hydrogens is 132 g/mol. The molecule has 1 amide bonds. The molecule has 5 N–H and O–H groups in total. The Morgan fingerprint density at radius 3 is 2.20 bits per heavy atom. The Morgan fingerprint density at radius 1 is 1.70 bits per heavy atom. The van der Waals surface area contributed by atoms with Crippen molar-refractivity contribution in [2.75, 3.05) is 0 Å². The van der Waals surface area contributed by atoms with Crippen LogP contribution in [0.5, 0.6) is 0 Å². The van der Waals surface area contributed by atoms with E-state index in [0.29, 0.717) is 0 Å². The number of aliphatic hydroxyl groups is 1. The highest BCUT2D eigenvalue weighted by atomic mass is 16.3. The largest absolute Gasteiger partial charge is 0.390 e. The normalized spacial score (nSPS) is 14.8. The summed E-state index contributed by atoms with van der Waals surface area (Å²) in [5.41, 5.74) is 9.21. The van der Waals surface area contributed by atoms with Crippen LogP contribution in [0.15, 0.2) is 0 Å². The fourth-order valence-corrected chi connectivity index (χ4v) is 0.639. The zero-order valence-electron chi connectivity index (χ0n) is 6.29. The monoisotopic (exact) mass is 146 g/mol. The summed E-state index contributed by atoms with van der Waals surface area (Å²) < 4.78 is 0. The fourth-order valence-electron chi connectivity index (χ4n) is 0.639. The van der Waals surface area contributed by atoms with Gasteiger partial charge < -0.3 is 16.6 Å². The molecule has 1 unspecified atom stereocenters. The molecule has 4 nitrogen and oxygen atoms in total. The van der Waals surface area contributed by atoms with Gasteiger partial charge in [-0.15, -0.1) is 0 Å². The average Bonchev–Trinajstić information content (AvgIpc) is 1.60. The van der Waals surface area contributed by atoms with Crippen molar-refractivity contribution in [1.82, 2.24) is 0 Å². The second kappa shape index (κ2) is 2.98. The van der Waals surface area contributed by atoms with Gasteiger partial charge in [0.1, 0.15) is 0 Å². The lowest BCUT2D eigenvalue weighted by Gasteiger charge is -2.19. The van der Waals surface area contributed by atoms with Gasteiger partial charge in [0, 0.05) is 0 Å². The van der Waals surface area contributed by atoms with Crippen LogP contribution in [-0.4, -0.2) is 22.7 Å². The zero-order valence-corrected chi connectivity index (χ0v) is 6.29. The SMILES string of the molecule is CC(C)(O)CC(N)C(N)=O. The van der Waals surface area contributed by atoms with E-state index in [2.05, 4.69) is 0 Å². The van der Waals surface area contributed by atoms with Gasteiger partial charge in [-0.1, -0.05) is 0 Å². The average molecular weight is 146 g/mol. The number of primary amides is 1. The van der Waals surface area contributed by atoms with Crippen molar-refractivity contribution in [2.45, 2.75) is 31.9 Å². The smallest absolute Gasteiger partial charge is 0.234 e. The van der Waals surface area contributed by atoms with E-state index in [1.54, 1.807) is 13.8 Å². The molecule has 0 aromatic rings. The van der Waals surface area contributed by atoms with E-state index < -0.39 is 17.6 Å². The Hall–Kier alpha value is -0.610. The molecule has 0 heterocycles. The Labute approximate surface area is 60.2 Å². The molecule has 0 bridgehead atoms. The molecule has 0 rings (SSSR count). The molecule has 0 radical (unpaired) electrons. The summed E-state index contributed by atoms with van der Waals surface area (Å²) >= 11 is 0. The topological polar surface area (TPSA) is 89.3 Å². The summed E-state index contributed by atoms with van der Waals surface area (Å²) in [7, 11) is 0. The van der Waals surface area contributed by atoms with Gasteiger partial charge in [-0.2, -0.15) is 0 Å². The van der Waals surface area contributed by atoms with E-state index in [4.69, 9.17) is 16.6 Å². The van der Waals surface area contributed by atoms with Crippen LogP contribution in [0.2, 0.25) is 0 Å². The zero-order chi connectivity index (χ0) is 8.36. The Morgan fingerprint density at radius 2 is 2.10 bits per heavy atom. The van der Waals surface area contributed by atoms with Crippen LogP contribution in [0, 0.1) is 0 Å². The van der Waals surface area contributed by atoms with E-state index in [-0.39, 0.29) is 6.42 Å². The first-order valence-electron chi connectivity index (χ1n) is 3.10. The molecular formula is C6H14N2O2. The number of hydrogen-bond acceptors (Lipinski definition) is 3. The minimum Gasteiger partial charge on any atom is -0.390 e. The highest BCUT2D eigenvalue weighted by molar-refractivity contribution is 5.79. The second-order valence-corrected chi connectivity index (χ2v) is 3.03. The third-order valence-corrected chi connectivity index (χ3v) is 1.08. The summed E-state index contributed by atoms with van der Waals surface area (Å²) in [6.07, 6.45) is 0.197. The molecule has 0 aliphatic rings. The van der Waals surface area contributed by atoms with Gasteiger partial charge >= 0.3 is 0 Å². The number of nitrogens with two attached hydrogens (primary N) is 2. The van der Waals surface area contributed by atoms with E-state index in [1.807, 2.05) is 0 Å². The second-order valence-electron chi connectivity index (χ2n) is 3.03. The van der Waals surface area contributed by atoms with Crippen molar-refractivity contribution < 1.29 is 9.90 Å². The number of amides is 1. The van der Waals surface area contributed by atoms with Crippen molar-refractivity contribution in [1.29, 1.82) is 0 Å². The number of rotatable bonds is 3. The van der Waals surface area contributed by atoms with Gasteiger partial charge in [0.25, 0.3) is 0 Å². The van der Waals surface area contributed by atoms with Crippen molar-refractivity contribution in [2.24, 2.45) is 11.5 Å². The van der Waals surface area contributed by atoms with Gasteiger partial charge in [0.05, 0.1) is 11.6 Å². The van der Waals surface area contributed by atoms with E-state index in [0.717, 1.165) is 0 Å². The van der Waals surface area contributed by atoms with Gasteiger partial charge in [0.15, 0.2) is 0 Å². The Bertz CT molecular complexity index is 128. The van der Waals surface area contributed by atoms with E-state index in [1.165, 1.54) is 0 Å². The minimum atomic E-state index is -0.922. The molecule has 0 saturated heterocycles. The third kappa shape index (κ3) is 4.29. The fraction of sp³-hybridized carbons (Fsp3) is 0.833. The maximum atomic E-state index is 10.4. The standard InChI is InChI=1S/C6H14N2O2/c1-6(2,10)3-4(7)5(8)9/h4,10H,3,7H2,1-2H3,(H2,8,9). The van der Waals surface area contributed by atoms with Crippen molar-refractivity contribution >= 4 is 5.91 Å². The van der Waals surface area contributed by atoms with E-state index in [9.17, 15) is 4.79 Å². The lowest BCUT2D eigenvalue weighted by atomic mass is 10.00. The van der Waals surface area contributed by atoms with Gasteiger partial charge in [-0.25, -0.2) is 0 Å². The minimum absolute atomic E-state index is 0.197. The highest BCUT2D eigenvalue weighted by Crippen LogP contribution is 2.08. The van der Waals surface area contributed by atoms with E-state index >= 15 is 0 Å². The predicted octanol–water partition coefficient (Wildman–Crippen LogP) is -1.04. The Kier molecular flexibility index (Phi) is 2.80. The lowest BCUT2D eigenvalue weighted by Crippen LogP contribution is -2.41. The molecule has 4 heteroatoms. The highest BCUT2D eigenvalue weighted by Gasteiger charge is 2.20. The van der Waals surface area contributed by atoms with Gasteiger partial charge in [-0.05, 0) is 20.3 Å². The van der Waals surface area contributed by atoms with Crippen LogP contribution in [0.4, 0.5) is 0 Å². The Balaban J connectivity index is 3.80. The molecule has 0 saturated carbocycles. The molecule has 60 valence electrons. The first kappa shape index (κ1) is 9.39. The summed E-state index contributed by atoms with van der Waals surface area (Å²) in [6, 6.07) is -0.750. The lowest BCUT2D eigenvalue weighted by molar-refractivity contribution is -0.120. The summed E-state index contributed by atoms with van der Waals surface area (Å²) in [4.78, 5) is 10.4. The van der Waals surface area contributed by atoms with Crippen LogP contribution in [-0.2, 0) is 4.79 Å². The number of hydrogen-bond donors (Lipinski definition) is 3. The molecule has 0 aromatic carbocycles. The van der Waals surface area contributed by atoms with Crippen LogP contribution >= 0.6 is 0 Å². The van der Waals surface area contributed by atoms with Crippen LogP contribution in [0.1, 0.15) is 20.3 Å². The maximum absolute atomic E-state index is 10.4. The first-order chi connectivity index (χ1) is 4.33. The molecule has 1 atom stereocenters. The molecule has 0 aliphatic heterocycles. The number of carbonyl (C=O) groups excluding carboxylic acids is 1.